The number of nitrogens with zero attached hydrogens (tertiary/aromatic N) is 2. The van der Waals surface area contributed by atoms with Crippen molar-refractivity contribution >= 4 is 27.9 Å². The molecular formula is C21H18FN3O3S. The minimum atomic E-state index is -0.344. The van der Waals surface area contributed by atoms with E-state index in [1.807, 2.05) is 34.2 Å². The number of nitrogens with one attached hydrogen (secondary N) is 1. The van der Waals surface area contributed by atoms with Gasteiger partial charge in [0.15, 0.2) is 16.5 Å². The van der Waals surface area contributed by atoms with Gasteiger partial charge >= 0.3 is 0 Å². The molecule has 2 aromatic heterocycles. The van der Waals surface area contributed by atoms with Crippen molar-refractivity contribution in [2.45, 2.75) is 6.42 Å². The molecule has 0 saturated carbocycles. The van der Waals surface area contributed by atoms with Gasteiger partial charge in [0, 0.05) is 28.5 Å². The maximum Gasteiger partial charge on any atom is 0.230 e. The highest BCUT2D eigenvalue weighted by Crippen LogP contribution is 2.32. The summed E-state index contributed by atoms with van der Waals surface area (Å²) < 4.78 is 25.5. The summed E-state index contributed by atoms with van der Waals surface area (Å²) in [5, 5.41) is 4.68. The Hall–Kier alpha value is -3.39. The quantitative estimate of drug-likeness (QED) is 0.511. The van der Waals surface area contributed by atoms with E-state index in [-0.39, 0.29) is 18.1 Å². The van der Waals surface area contributed by atoms with Crippen molar-refractivity contribution < 1.29 is 18.7 Å². The summed E-state index contributed by atoms with van der Waals surface area (Å²) in [5.41, 5.74) is 3.04. The topological polar surface area (TPSA) is 64.9 Å². The Morgan fingerprint density at radius 2 is 1.90 bits per heavy atom. The molecule has 0 fully saturated rings. The number of hydrogen-bond acceptors (Lipinski definition) is 5. The van der Waals surface area contributed by atoms with Crippen LogP contribution in [0, 0.1) is 5.82 Å². The lowest BCUT2D eigenvalue weighted by Gasteiger charge is -2.08. The van der Waals surface area contributed by atoms with Gasteiger partial charge in [-0.05, 0) is 42.5 Å². The van der Waals surface area contributed by atoms with Crippen LogP contribution in [0.15, 0.2) is 54.0 Å². The molecule has 0 unspecified atom stereocenters. The standard InChI is InChI=1S/C21H18FN3O3S/c1-27-18-8-3-13(9-19(18)28-2)17-11-25-16(12-29-21(25)24-17)10-20(26)23-15-6-4-14(22)5-7-15/h3-9,11-12H,10H2,1-2H3,(H,23,26). The lowest BCUT2D eigenvalue weighted by Crippen LogP contribution is -2.15. The van der Waals surface area contributed by atoms with Gasteiger partial charge in [-0.3, -0.25) is 9.20 Å². The number of rotatable bonds is 6. The third-order valence-corrected chi connectivity index (χ3v) is 5.32. The smallest absolute Gasteiger partial charge is 0.230 e. The largest absolute Gasteiger partial charge is 0.493 e. The number of carbonyl (C=O) groups is 1. The molecule has 29 heavy (non-hydrogen) atoms. The average molecular weight is 411 g/mol. The van der Waals surface area contributed by atoms with E-state index in [9.17, 15) is 9.18 Å². The van der Waals surface area contributed by atoms with Crippen LogP contribution in [0.5, 0.6) is 11.5 Å². The van der Waals surface area contributed by atoms with E-state index in [2.05, 4.69) is 10.3 Å². The van der Waals surface area contributed by atoms with E-state index >= 15 is 0 Å². The van der Waals surface area contributed by atoms with Crippen LogP contribution in [0.25, 0.3) is 16.2 Å². The number of thiazole rings is 1. The summed E-state index contributed by atoms with van der Waals surface area (Å²) in [5.74, 6) is 0.747. The minimum absolute atomic E-state index is 0.180. The number of fused-ring (bicyclic) bond motifs is 1. The molecule has 0 saturated heterocycles. The van der Waals surface area contributed by atoms with Gasteiger partial charge in [-0.1, -0.05) is 0 Å². The zero-order valence-corrected chi connectivity index (χ0v) is 16.6. The van der Waals surface area contributed by atoms with Gasteiger partial charge in [0.05, 0.1) is 26.3 Å². The number of halogens is 1. The molecule has 4 rings (SSSR count). The molecule has 0 aliphatic heterocycles. The Balaban J connectivity index is 1.56. The molecule has 0 atom stereocenters. The molecule has 0 bridgehead atoms. The molecule has 4 aromatic rings. The zero-order valence-electron chi connectivity index (χ0n) is 15.8. The number of benzene rings is 2. The van der Waals surface area contributed by atoms with Crippen molar-refractivity contribution in [2.24, 2.45) is 0 Å². The number of hydrogen-bond donors (Lipinski definition) is 1. The van der Waals surface area contributed by atoms with E-state index in [1.54, 1.807) is 14.2 Å². The predicted molar refractivity (Wildman–Crippen MR) is 110 cm³/mol. The molecule has 2 aromatic carbocycles. The van der Waals surface area contributed by atoms with Crippen LogP contribution in [0.2, 0.25) is 0 Å². The fourth-order valence-corrected chi connectivity index (χ4v) is 3.87. The Morgan fingerprint density at radius 3 is 2.62 bits per heavy atom. The van der Waals surface area contributed by atoms with Crippen LogP contribution < -0.4 is 14.8 Å². The first-order chi connectivity index (χ1) is 14.1. The van der Waals surface area contributed by atoms with Gasteiger partial charge in [-0.15, -0.1) is 11.3 Å². The summed E-state index contributed by atoms with van der Waals surface area (Å²) >= 11 is 1.46. The fourth-order valence-electron chi connectivity index (χ4n) is 2.99. The monoisotopic (exact) mass is 411 g/mol. The van der Waals surface area contributed by atoms with E-state index in [1.165, 1.54) is 35.6 Å². The molecule has 8 heteroatoms. The van der Waals surface area contributed by atoms with Gasteiger partial charge in [0.1, 0.15) is 5.82 Å². The summed E-state index contributed by atoms with van der Waals surface area (Å²) in [6, 6.07) is 11.3. The molecule has 148 valence electrons. The molecule has 1 N–H and O–H groups in total. The van der Waals surface area contributed by atoms with Crippen LogP contribution >= 0.6 is 11.3 Å². The maximum atomic E-state index is 13.0. The second-order valence-electron chi connectivity index (χ2n) is 6.31. The maximum absolute atomic E-state index is 13.0. The molecule has 6 nitrogen and oxygen atoms in total. The van der Waals surface area contributed by atoms with Crippen molar-refractivity contribution in [1.29, 1.82) is 0 Å². The number of carbonyl (C=O) groups excluding carboxylic acids is 1. The highest BCUT2D eigenvalue weighted by atomic mass is 32.1. The third kappa shape index (κ3) is 3.93. The first kappa shape index (κ1) is 18.9. The predicted octanol–water partition coefficient (Wildman–Crippen LogP) is 4.40. The normalized spacial score (nSPS) is 10.9. The summed E-state index contributed by atoms with van der Waals surface area (Å²) in [4.78, 5) is 17.8. The van der Waals surface area contributed by atoms with Crippen molar-refractivity contribution in [1.82, 2.24) is 9.38 Å². The van der Waals surface area contributed by atoms with Crippen molar-refractivity contribution in [3.63, 3.8) is 0 Å². The Morgan fingerprint density at radius 1 is 1.14 bits per heavy atom. The number of imidazole rings is 1. The van der Waals surface area contributed by atoms with E-state index in [0.29, 0.717) is 17.2 Å². The highest BCUT2D eigenvalue weighted by molar-refractivity contribution is 7.15. The van der Waals surface area contributed by atoms with Crippen LogP contribution in [0.3, 0.4) is 0 Å². The summed E-state index contributed by atoms with van der Waals surface area (Å²) in [6.45, 7) is 0. The first-order valence-corrected chi connectivity index (χ1v) is 9.68. The first-order valence-electron chi connectivity index (χ1n) is 8.80. The minimum Gasteiger partial charge on any atom is -0.493 e. The van der Waals surface area contributed by atoms with E-state index < -0.39 is 0 Å². The second-order valence-corrected chi connectivity index (χ2v) is 7.14. The number of ether oxygens (including phenoxy) is 2. The Bertz CT molecular complexity index is 1170. The highest BCUT2D eigenvalue weighted by Gasteiger charge is 2.14. The lowest BCUT2D eigenvalue weighted by molar-refractivity contribution is -0.115. The fraction of sp³-hybridized carbons (Fsp3) is 0.143. The number of amides is 1. The summed E-state index contributed by atoms with van der Waals surface area (Å²) in [6.07, 6.45) is 2.08. The lowest BCUT2D eigenvalue weighted by atomic mass is 10.1. The van der Waals surface area contributed by atoms with Gasteiger partial charge in [-0.2, -0.15) is 0 Å². The number of aromatic nitrogens is 2. The molecular weight excluding hydrogens is 393 g/mol. The van der Waals surface area contributed by atoms with Crippen LogP contribution in [-0.2, 0) is 11.2 Å². The van der Waals surface area contributed by atoms with Crippen molar-refractivity contribution in [3.05, 3.63) is 65.6 Å². The van der Waals surface area contributed by atoms with Crippen LogP contribution in [0.4, 0.5) is 10.1 Å². The molecule has 1 amide bonds. The Kier molecular flexibility index (Phi) is 5.18. The number of anilines is 1. The van der Waals surface area contributed by atoms with E-state index in [0.717, 1.165) is 21.9 Å². The Labute approximate surface area is 170 Å². The van der Waals surface area contributed by atoms with Gasteiger partial charge in [0.2, 0.25) is 5.91 Å². The second kappa shape index (κ2) is 7.92. The van der Waals surface area contributed by atoms with Gasteiger partial charge < -0.3 is 14.8 Å². The van der Waals surface area contributed by atoms with E-state index in [4.69, 9.17) is 9.47 Å². The molecule has 0 spiro atoms. The molecule has 2 heterocycles. The van der Waals surface area contributed by atoms with Crippen LogP contribution in [-0.4, -0.2) is 29.5 Å². The average Bonchev–Trinajstić information content (AvgIpc) is 3.31. The van der Waals surface area contributed by atoms with Gasteiger partial charge in [0.25, 0.3) is 0 Å². The van der Waals surface area contributed by atoms with Crippen molar-refractivity contribution in [2.75, 3.05) is 19.5 Å². The zero-order chi connectivity index (χ0) is 20.4. The SMILES string of the molecule is COc1ccc(-c2cn3c(CC(=O)Nc4ccc(F)cc4)csc3n2)cc1OC. The molecule has 0 radical (unpaired) electrons. The third-order valence-electron chi connectivity index (χ3n) is 4.43. The molecule has 0 aliphatic carbocycles. The summed E-state index contributed by atoms with van der Waals surface area (Å²) in [7, 11) is 3.18. The van der Waals surface area contributed by atoms with Crippen LogP contribution in [0.1, 0.15) is 5.69 Å². The number of methoxy groups -OCH3 is 2. The van der Waals surface area contributed by atoms with Gasteiger partial charge in [-0.25, -0.2) is 9.37 Å². The van der Waals surface area contributed by atoms with Crippen molar-refractivity contribution in [3.8, 4) is 22.8 Å². The molecule has 0 aliphatic rings.